The van der Waals surface area contributed by atoms with Gasteiger partial charge in [0.1, 0.15) is 17.4 Å². The number of primary amides is 1. The normalized spacial score (nSPS) is 11.3. The van der Waals surface area contributed by atoms with E-state index in [2.05, 4.69) is 10.1 Å². The predicted molar refractivity (Wildman–Crippen MR) is 105 cm³/mol. The van der Waals surface area contributed by atoms with Crippen molar-refractivity contribution < 1.29 is 18.1 Å². The zero-order valence-corrected chi connectivity index (χ0v) is 15.9. The molecule has 3 N–H and O–H groups in total. The number of benzene rings is 2. The topological polar surface area (TPSA) is 84.9 Å². The molecule has 8 heteroatoms. The van der Waals surface area contributed by atoms with Crippen molar-refractivity contribution in [1.82, 2.24) is 10.1 Å². The van der Waals surface area contributed by atoms with E-state index in [1.165, 1.54) is 12.1 Å². The molecule has 0 aliphatic heterocycles. The van der Waals surface area contributed by atoms with Crippen molar-refractivity contribution in [3.8, 4) is 0 Å². The first kappa shape index (κ1) is 19.1. The molecule has 0 atom stereocenters. The van der Waals surface area contributed by atoms with Crippen LogP contribution < -0.4 is 5.73 Å². The van der Waals surface area contributed by atoms with E-state index in [9.17, 15) is 13.6 Å². The number of nitrogens with one attached hydrogen (secondary N) is 1. The van der Waals surface area contributed by atoms with Crippen LogP contribution in [-0.4, -0.2) is 16.0 Å². The minimum Gasteiger partial charge on any atom is -0.364 e. The Balaban J connectivity index is 1.57. The Hall–Kier alpha value is -3.19. The molecule has 0 unspecified atom stereocenters. The Morgan fingerprint density at radius 2 is 1.86 bits per heavy atom. The van der Waals surface area contributed by atoms with Crippen LogP contribution in [0.15, 0.2) is 47.1 Å². The summed E-state index contributed by atoms with van der Waals surface area (Å²) in [6.07, 6.45) is 2.62. The lowest BCUT2D eigenvalue weighted by Gasteiger charge is -2.08. The maximum Gasteiger partial charge on any atom is 0.270 e. The first-order valence-corrected chi connectivity index (χ1v) is 9.26. The smallest absolute Gasteiger partial charge is 0.270 e. The van der Waals surface area contributed by atoms with E-state index in [-0.39, 0.29) is 29.0 Å². The van der Waals surface area contributed by atoms with Crippen LogP contribution >= 0.6 is 11.6 Å². The first-order valence-electron chi connectivity index (χ1n) is 8.88. The molecule has 2 aromatic heterocycles. The molecular weight excluding hydrogens is 400 g/mol. The van der Waals surface area contributed by atoms with Gasteiger partial charge in [-0.1, -0.05) is 16.8 Å². The number of amides is 1. The monoisotopic (exact) mass is 415 g/mol. The summed E-state index contributed by atoms with van der Waals surface area (Å²) in [6.45, 7) is 0. The van der Waals surface area contributed by atoms with Gasteiger partial charge in [0.25, 0.3) is 5.91 Å². The summed E-state index contributed by atoms with van der Waals surface area (Å²) in [5, 5.41) is 5.08. The Morgan fingerprint density at radius 1 is 1.10 bits per heavy atom. The van der Waals surface area contributed by atoms with Gasteiger partial charge in [0.05, 0.1) is 0 Å². The molecule has 0 radical (unpaired) electrons. The van der Waals surface area contributed by atoms with Gasteiger partial charge in [-0.25, -0.2) is 8.78 Å². The summed E-state index contributed by atoms with van der Waals surface area (Å²) in [6, 6.07) is 9.13. The second-order valence-corrected chi connectivity index (χ2v) is 7.20. The zero-order valence-electron chi connectivity index (χ0n) is 15.1. The van der Waals surface area contributed by atoms with Crippen molar-refractivity contribution in [1.29, 1.82) is 0 Å². The number of nitrogens with two attached hydrogens (primary N) is 1. The van der Waals surface area contributed by atoms with Gasteiger partial charge in [0.2, 0.25) is 0 Å². The summed E-state index contributed by atoms with van der Waals surface area (Å²) in [5.74, 6) is -1.59. The SMILES string of the molecule is NC(=O)c1cc(Cc2cc(F)cc(CCc3c[nH]c4ccc(Cl)cc34)c2F)on1. The molecule has 1 amide bonds. The lowest BCUT2D eigenvalue weighted by atomic mass is 9.99. The van der Waals surface area contributed by atoms with Crippen LogP contribution in [0.4, 0.5) is 8.78 Å². The number of rotatable bonds is 6. The Labute approximate surface area is 169 Å². The quantitative estimate of drug-likeness (QED) is 0.484. The van der Waals surface area contributed by atoms with Gasteiger partial charge >= 0.3 is 0 Å². The average molecular weight is 416 g/mol. The first-order chi connectivity index (χ1) is 13.9. The van der Waals surface area contributed by atoms with Crippen LogP contribution in [0.25, 0.3) is 10.9 Å². The van der Waals surface area contributed by atoms with Crippen LogP contribution in [0.2, 0.25) is 5.02 Å². The van der Waals surface area contributed by atoms with Gasteiger partial charge in [-0.15, -0.1) is 0 Å². The predicted octanol–water partition coefficient (Wildman–Crippen LogP) is 4.56. The maximum atomic E-state index is 15.0. The molecular formula is C21H16ClF2N3O2. The summed E-state index contributed by atoms with van der Waals surface area (Å²) in [7, 11) is 0. The van der Waals surface area contributed by atoms with Crippen molar-refractivity contribution in [2.45, 2.75) is 19.3 Å². The summed E-state index contributed by atoms with van der Waals surface area (Å²) >= 11 is 6.06. The molecule has 0 saturated carbocycles. The molecule has 0 fully saturated rings. The van der Waals surface area contributed by atoms with Crippen LogP contribution in [-0.2, 0) is 19.3 Å². The number of hydrogen-bond acceptors (Lipinski definition) is 3. The Morgan fingerprint density at radius 3 is 2.62 bits per heavy atom. The van der Waals surface area contributed by atoms with Crippen LogP contribution in [0, 0.1) is 11.6 Å². The Bertz CT molecular complexity index is 1220. The van der Waals surface area contributed by atoms with E-state index < -0.39 is 17.5 Å². The molecule has 0 spiro atoms. The van der Waals surface area contributed by atoms with Gasteiger partial charge in [-0.05, 0) is 59.9 Å². The average Bonchev–Trinajstić information content (AvgIpc) is 3.30. The number of hydrogen-bond donors (Lipinski definition) is 2. The minimum atomic E-state index is -0.751. The standard InChI is InChI=1S/C21H16ClF2N3O2/c22-14-3-4-18-17(8-14)12(10-26-18)2-1-11-5-15(23)6-13(20(11)24)7-16-9-19(21(25)28)27-29-16/h3-6,8-10,26H,1-2,7H2,(H2,25,28). The van der Waals surface area contributed by atoms with E-state index in [1.54, 1.807) is 6.07 Å². The second kappa shape index (κ2) is 7.67. The fourth-order valence-electron chi connectivity index (χ4n) is 3.34. The zero-order chi connectivity index (χ0) is 20.5. The highest BCUT2D eigenvalue weighted by Gasteiger charge is 2.16. The molecule has 0 saturated heterocycles. The molecule has 2 aromatic carbocycles. The van der Waals surface area contributed by atoms with Crippen LogP contribution in [0.3, 0.4) is 0 Å². The number of nitrogens with zero attached hydrogens (tertiary/aromatic N) is 1. The van der Waals surface area contributed by atoms with Crippen LogP contribution in [0.5, 0.6) is 0 Å². The Kier molecular flexibility index (Phi) is 5.07. The highest BCUT2D eigenvalue weighted by Crippen LogP contribution is 2.25. The van der Waals surface area contributed by atoms with E-state index in [0.717, 1.165) is 22.5 Å². The number of carbonyl (C=O) groups is 1. The maximum absolute atomic E-state index is 15.0. The molecule has 4 aromatic rings. The van der Waals surface area contributed by atoms with Gasteiger partial charge in [0.15, 0.2) is 5.69 Å². The van der Waals surface area contributed by atoms with Crippen molar-refractivity contribution in [2.75, 3.05) is 0 Å². The number of halogens is 3. The summed E-state index contributed by atoms with van der Waals surface area (Å²) < 4.78 is 34.1. The molecule has 29 heavy (non-hydrogen) atoms. The minimum absolute atomic E-state index is 0.0421. The number of aromatic amines is 1. The third-order valence-corrected chi connectivity index (χ3v) is 4.99. The fraction of sp³-hybridized carbons (Fsp3) is 0.143. The number of aryl methyl sites for hydroxylation is 2. The number of fused-ring (bicyclic) bond motifs is 1. The largest absolute Gasteiger partial charge is 0.364 e. The molecule has 0 aliphatic rings. The summed E-state index contributed by atoms with van der Waals surface area (Å²) in [5.41, 5.74) is 7.34. The van der Waals surface area contributed by atoms with E-state index in [1.807, 2.05) is 18.3 Å². The van der Waals surface area contributed by atoms with Gasteiger partial charge in [-0.3, -0.25) is 4.79 Å². The van der Waals surface area contributed by atoms with E-state index >= 15 is 0 Å². The van der Waals surface area contributed by atoms with Crippen molar-refractivity contribution in [3.63, 3.8) is 0 Å². The second-order valence-electron chi connectivity index (χ2n) is 6.76. The number of H-pyrrole nitrogens is 1. The molecule has 2 heterocycles. The lowest BCUT2D eigenvalue weighted by Crippen LogP contribution is -2.10. The van der Waals surface area contributed by atoms with Crippen molar-refractivity contribution >= 4 is 28.4 Å². The van der Waals surface area contributed by atoms with Gasteiger partial charge < -0.3 is 15.2 Å². The highest BCUT2D eigenvalue weighted by atomic mass is 35.5. The highest BCUT2D eigenvalue weighted by molar-refractivity contribution is 6.31. The van der Waals surface area contributed by atoms with E-state index in [0.29, 0.717) is 17.9 Å². The van der Waals surface area contributed by atoms with Crippen LogP contribution in [0.1, 0.15) is 32.9 Å². The number of aromatic nitrogens is 2. The molecule has 0 aliphatic carbocycles. The molecule has 5 nitrogen and oxygen atoms in total. The van der Waals surface area contributed by atoms with Gasteiger partial charge in [-0.2, -0.15) is 0 Å². The third kappa shape index (κ3) is 4.00. The summed E-state index contributed by atoms with van der Waals surface area (Å²) in [4.78, 5) is 14.3. The molecule has 0 bridgehead atoms. The van der Waals surface area contributed by atoms with E-state index in [4.69, 9.17) is 21.9 Å². The van der Waals surface area contributed by atoms with Crippen molar-refractivity contribution in [3.05, 3.63) is 87.4 Å². The van der Waals surface area contributed by atoms with Crippen molar-refractivity contribution in [2.24, 2.45) is 5.73 Å². The number of carbonyl (C=O) groups excluding carboxylic acids is 1. The molecule has 148 valence electrons. The third-order valence-electron chi connectivity index (χ3n) is 4.76. The fourth-order valence-corrected chi connectivity index (χ4v) is 3.52. The lowest BCUT2D eigenvalue weighted by molar-refractivity contribution is 0.0991. The van der Waals surface area contributed by atoms with Gasteiger partial charge in [0, 0.05) is 34.6 Å². The molecule has 4 rings (SSSR count).